The van der Waals surface area contributed by atoms with Crippen molar-refractivity contribution >= 4 is 28.3 Å². The lowest BCUT2D eigenvalue weighted by Gasteiger charge is -2.12. The van der Waals surface area contributed by atoms with Crippen molar-refractivity contribution in [2.45, 2.75) is 20.8 Å². The van der Waals surface area contributed by atoms with Crippen LogP contribution in [0.25, 0.3) is 28.3 Å². The van der Waals surface area contributed by atoms with Crippen molar-refractivity contribution in [1.82, 2.24) is 18.9 Å². The summed E-state index contributed by atoms with van der Waals surface area (Å²) in [6.07, 6.45) is 3.18. The highest BCUT2D eigenvalue weighted by Crippen LogP contribution is 2.28. The average Bonchev–Trinajstić information content (AvgIpc) is 3.15. The first kappa shape index (κ1) is 22.1. The van der Waals surface area contributed by atoms with Gasteiger partial charge in [-0.25, -0.2) is 4.98 Å². The maximum atomic E-state index is 13.6. The van der Waals surface area contributed by atoms with Crippen molar-refractivity contribution in [1.29, 1.82) is 5.26 Å². The topological polar surface area (TPSA) is 85.2 Å². The average molecular weight is 462 g/mol. The smallest absolute Gasteiger partial charge is 0.269 e. The van der Waals surface area contributed by atoms with E-state index in [1.165, 1.54) is 10.5 Å². The number of nitrogens with zero attached hydrogens (tertiary/aromatic N) is 5. The van der Waals surface area contributed by atoms with Crippen LogP contribution in [-0.4, -0.2) is 18.9 Å². The third kappa shape index (κ3) is 3.96. The van der Waals surface area contributed by atoms with Crippen LogP contribution in [0.5, 0.6) is 11.6 Å². The van der Waals surface area contributed by atoms with Crippen LogP contribution in [0.4, 0.5) is 0 Å². The van der Waals surface area contributed by atoms with Crippen molar-refractivity contribution in [3.63, 3.8) is 0 Å². The highest BCUT2D eigenvalue weighted by Gasteiger charge is 2.18. The molecule has 172 valence electrons. The third-order valence-electron chi connectivity index (χ3n) is 5.90. The molecule has 0 saturated heterocycles. The van der Waals surface area contributed by atoms with Gasteiger partial charge in [-0.05, 0) is 73.9 Å². The van der Waals surface area contributed by atoms with E-state index in [-0.39, 0.29) is 22.6 Å². The minimum atomic E-state index is -0.329. The second-order valence-corrected chi connectivity index (χ2v) is 8.60. The van der Waals surface area contributed by atoms with E-state index in [1.54, 1.807) is 12.3 Å². The van der Waals surface area contributed by atoms with Crippen LogP contribution in [0.1, 0.15) is 28.1 Å². The highest BCUT2D eigenvalue weighted by molar-refractivity contribution is 5.91. The van der Waals surface area contributed by atoms with Crippen LogP contribution < -0.4 is 10.3 Å². The quantitative estimate of drug-likeness (QED) is 0.336. The zero-order valence-corrected chi connectivity index (χ0v) is 19.9. The van der Waals surface area contributed by atoms with E-state index in [1.807, 2.05) is 80.9 Å². The summed E-state index contributed by atoms with van der Waals surface area (Å²) in [5.41, 5.74) is 5.13. The molecular weight excluding hydrogens is 438 g/mol. The Morgan fingerprint density at radius 3 is 2.49 bits per heavy atom. The maximum absolute atomic E-state index is 13.6. The van der Waals surface area contributed by atoms with Crippen LogP contribution in [-0.2, 0) is 7.05 Å². The lowest BCUT2D eigenvalue weighted by molar-refractivity contribution is 0.460. The summed E-state index contributed by atoms with van der Waals surface area (Å²) >= 11 is 0. The van der Waals surface area contributed by atoms with E-state index in [9.17, 15) is 10.1 Å². The number of pyridine rings is 1. The van der Waals surface area contributed by atoms with Gasteiger partial charge in [-0.15, -0.1) is 0 Å². The summed E-state index contributed by atoms with van der Waals surface area (Å²) < 4.78 is 9.49. The third-order valence-corrected chi connectivity index (χ3v) is 5.90. The number of hydrogen-bond donors (Lipinski definition) is 0. The normalized spacial score (nSPS) is 11.7. The lowest BCUT2D eigenvalue weighted by atomic mass is 10.1. The zero-order valence-electron chi connectivity index (χ0n) is 19.9. The van der Waals surface area contributed by atoms with Crippen molar-refractivity contribution in [3.8, 4) is 17.7 Å². The fourth-order valence-corrected chi connectivity index (χ4v) is 4.27. The zero-order chi connectivity index (χ0) is 24.7. The Morgan fingerprint density at radius 1 is 1.03 bits per heavy atom. The van der Waals surface area contributed by atoms with Crippen molar-refractivity contribution < 1.29 is 4.74 Å². The monoisotopic (exact) mass is 461 g/mol. The Bertz CT molecular complexity index is 1730. The van der Waals surface area contributed by atoms with Gasteiger partial charge in [-0.3, -0.25) is 9.20 Å². The number of ether oxygens (including phenoxy) is 1. The molecule has 0 saturated carbocycles. The van der Waals surface area contributed by atoms with Gasteiger partial charge in [0, 0.05) is 13.2 Å². The Hall–Kier alpha value is -4.70. The van der Waals surface area contributed by atoms with Crippen molar-refractivity contribution in [2.75, 3.05) is 0 Å². The predicted octanol–water partition coefficient (Wildman–Crippen LogP) is 5.36. The van der Waals surface area contributed by atoms with E-state index >= 15 is 0 Å². The molecule has 0 aliphatic carbocycles. The van der Waals surface area contributed by atoms with Crippen LogP contribution in [0.3, 0.4) is 0 Å². The van der Waals surface area contributed by atoms with Gasteiger partial charge in [0.15, 0.2) is 5.82 Å². The molecule has 0 N–H and O–H groups in total. The highest BCUT2D eigenvalue weighted by atomic mass is 16.5. The molecule has 0 fully saturated rings. The Balaban J connectivity index is 1.76. The van der Waals surface area contributed by atoms with Crippen molar-refractivity contribution in [2.24, 2.45) is 7.05 Å². The van der Waals surface area contributed by atoms with Gasteiger partial charge in [0.2, 0.25) is 5.88 Å². The fraction of sp³-hybridized carbons (Fsp3) is 0.143. The summed E-state index contributed by atoms with van der Waals surface area (Å²) in [7, 11) is 1.84. The van der Waals surface area contributed by atoms with Gasteiger partial charge < -0.3 is 9.30 Å². The number of fused-ring (bicyclic) bond motifs is 2. The van der Waals surface area contributed by atoms with E-state index in [4.69, 9.17) is 9.72 Å². The van der Waals surface area contributed by atoms with Gasteiger partial charge in [0.25, 0.3) is 5.56 Å². The molecule has 35 heavy (non-hydrogen) atoms. The molecule has 0 bridgehead atoms. The molecule has 7 heteroatoms. The standard InChI is InChI=1S/C28H23N5O2/c1-17-12-18(2)14-21(13-17)35-27-22(28(34)33-11-7-8-19(3)25(33)31-27)15-20(16-29)26-30-23-9-5-6-10-24(23)32(26)4/h5-15H,1-4H3/b20-15+. The maximum Gasteiger partial charge on any atom is 0.269 e. The number of aryl methyl sites for hydroxylation is 4. The Morgan fingerprint density at radius 2 is 1.77 bits per heavy atom. The van der Waals surface area contributed by atoms with Gasteiger partial charge in [0.05, 0.1) is 16.6 Å². The molecule has 0 unspecified atom stereocenters. The number of benzene rings is 2. The summed E-state index contributed by atoms with van der Waals surface area (Å²) in [5.74, 6) is 1.17. The number of aromatic nitrogens is 4. The molecule has 7 nitrogen and oxygen atoms in total. The minimum Gasteiger partial charge on any atom is -0.438 e. The number of para-hydroxylation sites is 2. The molecule has 5 aromatic rings. The minimum absolute atomic E-state index is 0.140. The van der Waals surface area contributed by atoms with Crippen LogP contribution in [0.15, 0.2) is 65.6 Å². The van der Waals surface area contributed by atoms with Gasteiger partial charge in [-0.1, -0.05) is 24.3 Å². The number of allylic oxidation sites excluding steroid dienone is 1. The SMILES string of the molecule is Cc1cc(C)cc(Oc2nc3c(C)cccn3c(=O)c2/C=C(\C#N)c2nc3ccccc3n2C)c1. The summed E-state index contributed by atoms with van der Waals surface area (Å²) in [6, 6.07) is 19.3. The molecule has 0 atom stereocenters. The number of hydrogen-bond acceptors (Lipinski definition) is 5. The predicted molar refractivity (Wildman–Crippen MR) is 136 cm³/mol. The first-order valence-corrected chi connectivity index (χ1v) is 11.2. The van der Waals surface area contributed by atoms with E-state index in [2.05, 4.69) is 11.1 Å². The molecule has 0 aliphatic rings. The van der Waals surface area contributed by atoms with Gasteiger partial charge in [-0.2, -0.15) is 10.2 Å². The molecule has 3 aromatic heterocycles. The Kier molecular flexibility index (Phi) is 5.42. The molecule has 3 heterocycles. The summed E-state index contributed by atoms with van der Waals surface area (Å²) in [4.78, 5) is 22.9. The fourth-order valence-electron chi connectivity index (χ4n) is 4.27. The van der Waals surface area contributed by atoms with E-state index in [0.29, 0.717) is 17.2 Å². The van der Waals surface area contributed by atoms with Gasteiger partial charge >= 0.3 is 0 Å². The van der Waals surface area contributed by atoms with E-state index < -0.39 is 0 Å². The number of nitriles is 1. The molecular formula is C28H23N5O2. The lowest BCUT2D eigenvalue weighted by Crippen LogP contribution is -2.19. The number of imidazole rings is 1. The van der Waals surface area contributed by atoms with E-state index in [0.717, 1.165) is 27.7 Å². The molecule has 0 spiro atoms. The Labute approximate surface area is 202 Å². The van der Waals surface area contributed by atoms with Crippen molar-refractivity contribution in [3.05, 3.63) is 99.2 Å². The van der Waals surface area contributed by atoms with Crippen LogP contribution in [0, 0.1) is 32.1 Å². The molecule has 0 aliphatic heterocycles. The second-order valence-electron chi connectivity index (χ2n) is 8.60. The largest absolute Gasteiger partial charge is 0.438 e. The van der Waals surface area contributed by atoms with Crippen LogP contribution >= 0.6 is 0 Å². The summed E-state index contributed by atoms with van der Waals surface area (Å²) in [5, 5.41) is 10.1. The second kappa shape index (κ2) is 8.58. The van der Waals surface area contributed by atoms with Gasteiger partial charge in [0.1, 0.15) is 23.0 Å². The summed E-state index contributed by atoms with van der Waals surface area (Å²) in [6.45, 7) is 5.85. The van der Waals surface area contributed by atoms with Crippen LogP contribution in [0.2, 0.25) is 0 Å². The number of rotatable bonds is 4. The molecule has 0 radical (unpaired) electrons. The first-order valence-electron chi connectivity index (χ1n) is 11.2. The molecule has 5 rings (SSSR count). The molecule has 2 aromatic carbocycles. The first-order chi connectivity index (χ1) is 16.9. The molecule has 0 amide bonds.